The molecule has 0 amide bonds. The number of nitrogens with zero attached hydrogens (tertiary/aromatic N) is 1. The minimum absolute atomic E-state index is 0.0444. The smallest absolute Gasteiger partial charge is 0.159 e. The summed E-state index contributed by atoms with van der Waals surface area (Å²) < 4.78 is 26.2. The molecule has 4 heteroatoms. The van der Waals surface area contributed by atoms with Crippen molar-refractivity contribution in [1.82, 2.24) is 4.90 Å². The average Bonchev–Trinajstić information content (AvgIpc) is 2.21. The molecule has 2 N–H and O–H groups in total. The largest absolute Gasteiger partial charge is 0.326 e. The van der Waals surface area contributed by atoms with Crippen molar-refractivity contribution in [2.75, 3.05) is 14.1 Å². The summed E-state index contributed by atoms with van der Waals surface area (Å²) in [6.07, 6.45) is 1.62. The minimum atomic E-state index is -0.810. The number of hydrogen-bond donors (Lipinski definition) is 1. The van der Waals surface area contributed by atoms with Gasteiger partial charge < -0.3 is 10.6 Å². The Balaban J connectivity index is 2.87. The Hall–Kier alpha value is -1.00. The molecular weight excluding hydrogens is 234 g/mol. The second-order valence-corrected chi connectivity index (χ2v) is 5.68. The molecule has 1 unspecified atom stereocenters. The van der Waals surface area contributed by atoms with Gasteiger partial charge in [0.2, 0.25) is 0 Å². The molecule has 0 bridgehead atoms. The van der Waals surface area contributed by atoms with Crippen LogP contribution in [0.5, 0.6) is 0 Å². The Morgan fingerprint density at radius 1 is 1.22 bits per heavy atom. The van der Waals surface area contributed by atoms with E-state index in [1.54, 1.807) is 6.07 Å². The van der Waals surface area contributed by atoms with Gasteiger partial charge in [0.05, 0.1) is 0 Å². The fourth-order valence-electron chi connectivity index (χ4n) is 1.95. The van der Waals surface area contributed by atoms with E-state index in [4.69, 9.17) is 5.73 Å². The molecule has 0 fully saturated rings. The zero-order chi connectivity index (χ0) is 13.9. The lowest BCUT2D eigenvalue weighted by molar-refractivity contribution is 0.260. The summed E-state index contributed by atoms with van der Waals surface area (Å²) in [7, 11) is 3.85. The third-order valence-electron chi connectivity index (χ3n) is 3.01. The van der Waals surface area contributed by atoms with Crippen molar-refractivity contribution in [1.29, 1.82) is 0 Å². The minimum Gasteiger partial charge on any atom is -0.326 e. The van der Waals surface area contributed by atoms with Crippen LogP contribution in [0, 0.1) is 11.6 Å². The third-order valence-corrected chi connectivity index (χ3v) is 3.01. The maximum absolute atomic E-state index is 13.3. The van der Waals surface area contributed by atoms with E-state index < -0.39 is 11.6 Å². The molecule has 1 rings (SSSR count). The molecule has 0 aliphatic rings. The first kappa shape index (κ1) is 15.1. The van der Waals surface area contributed by atoms with Gasteiger partial charge >= 0.3 is 0 Å². The summed E-state index contributed by atoms with van der Waals surface area (Å²) in [6.45, 7) is 3.93. The van der Waals surface area contributed by atoms with Crippen LogP contribution in [0.1, 0.15) is 38.3 Å². The Bertz CT molecular complexity index is 397. The molecule has 1 atom stereocenters. The highest BCUT2D eigenvalue weighted by Crippen LogP contribution is 2.27. The van der Waals surface area contributed by atoms with Crippen molar-refractivity contribution in [3.05, 3.63) is 35.4 Å². The SMILES string of the molecule is CN(C)C(CCC(C)(C)N)c1ccc(F)c(F)c1. The number of halogens is 2. The number of nitrogens with two attached hydrogens (primary N) is 1. The summed E-state index contributed by atoms with van der Waals surface area (Å²) in [6, 6.07) is 4.12. The lowest BCUT2D eigenvalue weighted by Gasteiger charge is -2.28. The standard InChI is InChI=1S/C14H22F2N2/c1-14(2,17)8-7-13(18(3)4)10-5-6-11(15)12(16)9-10/h5-6,9,13H,7-8,17H2,1-4H3. The summed E-state index contributed by atoms with van der Waals surface area (Å²) in [5, 5.41) is 0. The molecule has 0 aliphatic carbocycles. The molecule has 0 aliphatic heterocycles. The molecule has 0 saturated carbocycles. The Kier molecular flexibility index (Phi) is 4.82. The molecule has 1 aromatic carbocycles. The predicted octanol–water partition coefficient (Wildman–Crippen LogP) is 3.09. The van der Waals surface area contributed by atoms with Crippen LogP contribution < -0.4 is 5.73 Å². The molecule has 0 spiro atoms. The second kappa shape index (κ2) is 5.76. The molecule has 102 valence electrons. The van der Waals surface area contributed by atoms with Crippen LogP contribution in [0.2, 0.25) is 0 Å². The van der Waals surface area contributed by atoms with E-state index in [0.717, 1.165) is 18.4 Å². The summed E-state index contributed by atoms with van der Waals surface area (Å²) >= 11 is 0. The fraction of sp³-hybridized carbons (Fsp3) is 0.571. The van der Waals surface area contributed by atoms with Gasteiger partial charge in [-0.1, -0.05) is 6.07 Å². The lowest BCUT2D eigenvalue weighted by Crippen LogP contribution is -2.33. The van der Waals surface area contributed by atoms with Crippen molar-refractivity contribution in [3.8, 4) is 0 Å². The first-order chi connectivity index (χ1) is 8.20. The Morgan fingerprint density at radius 2 is 1.83 bits per heavy atom. The molecule has 0 aromatic heterocycles. The van der Waals surface area contributed by atoms with Gasteiger partial charge in [0, 0.05) is 11.6 Å². The second-order valence-electron chi connectivity index (χ2n) is 5.68. The van der Waals surface area contributed by atoms with Gasteiger partial charge in [0.15, 0.2) is 11.6 Å². The van der Waals surface area contributed by atoms with Gasteiger partial charge in [-0.25, -0.2) is 8.78 Å². The third kappa shape index (κ3) is 4.35. The van der Waals surface area contributed by atoms with E-state index in [1.165, 1.54) is 12.1 Å². The van der Waals surface area contributed by atoms with Gasteiger partial charge in [-0.15, -0.1) is 0 Å². The van der Waals surface area contributed by atoms with Crippen LogP contribution in [0.4, 0.5) is 8.78 Å². The molecular formula is C14H22F2N2. The highest BCUT2D eigenvalue weighted by Gasteiger charge is 2.19. The van der Waals surface area contributed by atoms with Gasteiger partial charge in [-0.3, -0.25) is 0 Å². The van der Waals surface area contributed by atoms with Gasteiger partial charge in [0.1, 0.15) is 0 Å². The first-order valence-corrected chi connectivity index (χ1v) is 6.11. The van der Waals surface area contributed by atoms with Crippen molar-refractivity contribution >= 4 is 0 Å². The average molecular weight is 256 g/mol. The van der Waals surface area contributed by atoms with E-state index in [-0.39, 0.29) is 11.6 Å². The molecule has 2 nitrogen and oxygen atoms in total. The zero-order valence-corrected chi connectivity index (χ0v) is 11.5. The van der Waals surface area contributed by atoms with E-state index in [9.17, 15) is 8.78 Å². The Labute approximate surface area is 108 Å². The normalized spacial score (nSPS) is 14.0. The van der Waals surface area contributed by atoms with Crippen molar-refractivity contribution in [2.24, 2.45) is 5.73 Å². The predicted molar refractivity (Wildman–Crippen MR) is 70.3 cm³/mol. The highest BCUT2D eigenvalue weighted by molar-refractivity contribution is 5.21. The quantitative estimate of drug-likeness (QED) is 0.877. The Morgan fingerprint density at radius 3 is 2.28 bits per heavy atom. The number of rotatable bonds is 5. The molecule has 0 saturated heterocycles. The van der Waals surface area contributed by atoms with Crippen LogP contribution in [-0.2, 0) is 0 Å². The lowest BCUT2D eigenvalue weighted by atomic mass is 9.93. The maximum Gasteiger partial charge on any atom is 0.159 e. The summed E-state index contributed by atoms with van der Waals surface area (Å²) in [5.41, 5.74) is 6.49. The van der Waals surface area contributed by atoms with E-state index in [2.05, 4.69) is 0 Å². The molecule has 0 radical (unpaired) electrons. The van der Waals surface area contributed by atoms with Gasteiger partial charge in [0.25, 0.3) is 0 Å². The molecule has 0 heterocycles. The van der Waals surface area contributed by atoms with Gasteiger partial charge in [-0.2, -0.15) is 0 Å². The van der Waals surface area contributed by atoms with E-state index >= 15 is 0 Å². The van der Waals surface area contributed by atoms with Crippen LogP contribution in [0.25, 0.3) is 0 Å². The van der Waals surface area contributed by atoms with Crippen LogP contribution >= 0.6 is 0 Å². The topological polar surface area (TPSA) is 29.3 Å². The summed E-state index contributed by atoms with van der Waals surface area (Å²) in [4.78, 5) is 2.00. The highest BCUT2D eigenvalue weighted by atomic mass is 19.2. The summed E-state index contributed by atoms with van der Waals surface area (Å²) in [5.74, 6) is -1.61. The monoisotopic (exact) mass is 256 g/mol. The maximum atomic E-state index is 13.3. The van der Waals surface area contributed by atoms with Crippen LogP contribution in [-0.4, -0.2) is 24.5 Å². The van der Waals surface area contributed by atoms with Crippen molar-refractivity contribution < 1.29 is 8.78 Å². The van der Waals surface area contributed by atoms with Gasteiger partial charge in [-0.05, 0) is 58.5 Å². The van der Waals surface area contributed by atoms with Crippen molar-refractivity contribution in [3.63, 3.8) is 0 Å². The zero-order valence-electron chi connectivity index (χ0n) is 11.5. The molecule has 18 heavy (non-hydrogen) atoms. The van der Waals surface area contributed by atoms with Crippen LogP contribution in [0.15, 0.2) is 18.2 Å². The number of benzene rings is 1. The number of hydrogen-bond acceptors (Lipinski definition) is 2. The van der Waals surface area contributed by atoms with E-state index in [0.29, 0.717) is 0 Å². The van der Waals surface area contributed by atoms with Crippen molar-refractivity contribution in [2.45, 2.75) is 38.3 Å². The van der Waals surface area contributed by atoms with E-state index in [1.807, 2.05) is 32.8 Å². The first-order valence-electron chi connectivity index (χ1n) is 6.11. The van der Waals surface area contributed by atoms with Crippen LogP contribution in [0.3, 0.4) is 0 Å². The fourth-order valence-corrected chi connectivity index (χ4v) is 1.95. The molecule has 1 aromatic rings.